The van der Waals surface area contributed by atoms with Crippen molar-refractivity contribution in [3.63, 3.8) is 0 Å². The van der Waals surface area contributed by atoms with E-state index in [9.17, 15) is 10.1 Å². The van der Waals surface area contributed by atoms with Crippen LogP contribution in [0.15, 0.2) is 30.2 Å². The molecule has 122 valence electrons. The number of aromatic nitrogens is 5. The zero-order valence-corrected chi connectivity index (χ0v) is 13.5. The van der Waals surface area contributed by atoms with Crippen LogP contribution in [0.4, 0.5) is 5.69 Å². The molecule has 3 rings (SSSR count). The van der Waals surface area contributed by atoms with Crippen LogP contribution in [-0.2, 0) is 12.4 Å². The highest BCUT2D eigenvalue weighted by atomic mass is 32.2. The summed E-state index contributed by atoms with van der Waals surface area (Å²) in [5.74, 6) is 1.95. The van der Waals surface area contributed by atoms with Crippen LogP contribution in [0.3, 0.4) is 0 Å². The van der Waals surface area contributed by atoms with Crippen molar-refractivity contribution in [2.24, 2.45) is 0 Å². The van der Waals surface area contributed by atoms with Crippen molar-refractivity contribution in [3.8, 4) is 0 Å². The molecule has 1 saturated carbocycles. The first-order valence-electron chi connectivity index (χ1n) is 7.52. The summed E-state index contributed by atoms with van der Waals surface area (Å²) in [6.45, 7) is 4.47. The summed E-state index contributed by atoms with van der Waals surface area (Å²) in [5.41, 5.74) is -0.00944. The van der Waals surface area contributed by atoms with E-state index >= 15 is 0 Å². The van der Waals surface area contributed by atoms with Gasteiger partial charge in [0.05, 0.1) is 10.8 Å². The summed E-state index contributed by atoms with van der Waals surface area (Å²) in [5, 5.41) is 24.1. The molecule has 0 atom stereocenters. The third-order valence-electron chi connectivity index (χ3n) is 3.93. The van der Waals surface area contributed by atoms with Crippen LogP contribution >= 0.6 is 11.8 Å². The fourth-order valence-electron chi connectivity index (χ4n) is 2.83. The van der Waals surface area contributed by atoms with Gasteiger partial charge in [-0.05, 0) is 12.8 Å². The summed E-state index contributed by atoms with van der Waals surface area (Å²) in [6, 6.07) is 0. The zero-order valence-electron chi connectivity index (χ0n) is 12.7. The van der Waals surface area contributed by atoms with Crippen molar-refractivity contribution in [2.45, 2.75) is 49.2 Å². The minimum atomic E-state index is -0.452. The normalized spacial score (nSPS) is 15.1. The van der Waals surface area contributed by atoms with Gasteiger partial charge in [0, 0.05) is 12.5 Å². The van der Waals surface area contributed by atoms with Crippen molar-refractivity contribution in [3.05, 3.63) is 41.0 Å². The van der Waals surface area contributed by atoms with Crippen LogP contribution in [0.1, 0.15) is 37.4 Å². The summed E-state index contributed by atoms with van der Waals surface area (Å²) >= 11 is 1.46. The molecular weight excluding hydrogens is 316 g/mol. The van der Waals surface area contributed by atoms with Gasteiger partial charge in [0.1, 0.15) is 18.2 Å². The van der Waals surface area contributed by atoms with Gasteiger partial charge in [0.2, 0.25) is 0 Å². The molecule has 0 radical (unpaired) electrons. The molecule has 8 nitrogen and oxygen atoms in total. The van der Waals surface area contributed by atoms with Gasteiger partial charge in [-0.2, -0.15) is 5.10 Å². The average molecular weight is 334 g/mol. The van der Waals surface area contributed by atoms with Crippen LogP contribution in [-0.4, -0.2) is 29.5 Å². The molecular formula is C14H18N6O2S. The highest BCUT2D eigenvalue weighted by Gasteiger charge is 2.24. The second-order valence-electron chi connectivity index (χ2n) is 5.49. The van der Waals surface area contributed by atoms with Crippen LogP contribution in [0, 0.1) is 10.1 Å². The van der Waals surface area contributed by atoms with Crippen LogP contribution in [0.5, 0.6) is 0 Å². The molecule has 2 aromatic rings. The second kappa shape index (κ2) is 6.95. The molecule has 9 heteroatoms. The third-order valence-corrected chi connectivity index (χ3v) is 4.89. The third kappa shape index (κ3) is 3.44. The zero-order chi connectivity index (χ0) is 16.2. The van der Waals surface area contributed by atoms with E-state index in [4.69, 9.17) is 0 Å². The van der Waals surface area contributed by atoms with E-state index < -0.39 is 4.92 Å². The number of thioether (sulfide) groups is 1. The number of rotatable bonds is 7. The Hall–Kier alpha value is -2.16. The molecule has 23 heavy (non-hydrogen) atoms. The van der Waals surface area contributed by atoms with Gasteiger partial charge < -0.3 is 4.57 Å². The second-order valence-corrected chi connectivity index (χ2v) is 6.40. The summed E-state index contributed by atoms with van der Waals surface area (Å²) in [6.07, 6.45) is 9.30. The lowest BCUT2D eigenvalue weighted by atomic mass is 10.1. The minimum Gasteiger partial charge on any atom is -0.302 e. The maximum absolute atomic E-state index is 10.7. The molecule has 0 amide bonds. The summed E-state index contributed by atoms with van der Waals surface area (Å²) in [7, 11) is 0. The molecule has 0 N–H and O–H groups in total. The van der Waals surface area contributed by atoms with Crippen molar-refractivity contribution in [1.82, 2.24) is 24.5 Å². The van der Waals surface area contributed by atoms with Gasteiger partial charge in [-0.15, -0.1) is 16.8 Å². The predicted molar refractivity (Wildman–Crippen MR) is 86.2 cm³/mol. The molecule has 2 aromatic heterocycles. The number of nitrogens with zero attached hydrogens (tertiary/aromatic N) is 6. The van der Waals surface area contributed by atoms with Gasteiger partial charge >= 0.3 is 5.69 Å². The summed E-state index contributed by atoms with van der Waals surface area (Å²) < 4.78 is 3.62. The fraction of sp³-hybridized carbons (Fsp3) is 0.500. The monoisotopic (exact) mass is 334 g/mol. The van der Waals surface area contributed by atoms with E-state index in [1.807, 2.05) is 6.08 Å². The maximum Gasteiger partial charge on any atom is 0.307 e. The smallest absolute Gasteiger partial charge is 0.302 e. The summed E-state index contributed by atoms with van der Waals surface area (Å²) in [4.78, 5) is 10.2. The van der Waals surface area contributed by atoms with Crippen LogP contribution < -0.4 is 0 Å². The minimum absolute atomic E-state index is 0.00944. The average Bonchev–Trinajstić information content (AvgIpc) is 3.26. The van der Waals surface area contributed by atoms with Crippen molar-refractivity contribution in [2.75, 3.05) is 0 Å². The predicted octanol–water partition coefficient (Wildman–Crippen LogP) is 2.98. The van der Waals surface area contributed by atoms with Gasteiger partial charge in [0.15, 0.2) is 5.16 Å². The highest BCUT2D eigenvalue weighted by molar-refractivity contribution is 7.98. The van der Waals surface area contributed by atoms with Crippen molar-refractivity contribution in [1.29, 1.82) is 0 Å². The lowest BCUT2D eigenvalue weighted by Gasteiger charge is -2.11. The largest absolute Gasteiger partial charge is 0.307 e. The quantitative estimate of drug-likeness (QED) is 0.334. The first-order chi connectivity index (χ1) is 11.2. The van der Waals surface area contributed by atoms with Crippen molar-refractivity contribution < 1.29 is 4.92 Å². The molecule has 2 heterocycles. The van der Waals surface area contributed by atoms with E-state index in [0.717, 1.165) is 23.8 Å². The van der Waals surface area contributed by atoms with E-state index in [0.29, 0.717) is 18.3 Å². The van der Waals surface area contributed by atoms with Crippen LogP contribution in [0.2, 0.25) is 0 Å². The molecule has 1 fully saturated rings. The molecule has 0 aromatic carbocycles. The van der Waals surface area contributed by atoms with Gasteiger partial charge in [0.25, 0.3) is 0 Å². The Morgan fingerprint density at radius 3 is 2.87 bits per heavy atom. The Kier molecular flexibility index (Phi) is 4.75. The van der Waals surface area contributed by atoms with Gasteiger partial charge in [-0.25, -0.2) is 0 Å². The Morgan fingerprint density at radius 2 is 2.22 bits per heavy atom. The topological polar surface area (TPSA) is 91.7 Å². The number of hydrogen-bond donors (Lipinski definition) is 0. The molecule has 0 spiro atoms. The molecule has 0 aliphatic heterocycles. The number of allylic oxidation sites excluding steroid dienone is 1. The van der Waals surface area contributed by atoms with E-state index in [2.05, 4.69) is 26.4 Å². The molecule has 0 unspecified atom stereocenters. The van der Waals surface area contributed by atoms with E-state index in [1.165, 1.54) is 41.7 Å². The lowest BCUT2D eigenvalue weighted by molar-refractivity contribution is -0.385. The van der Waals surface area contributed by atoms with Gasteiger partial charge in [-0.1, -0.05) is 30.7 Å². The number of nitro groups is 1. The standard InChI is InChI=1S/C14H18N6O2S/c1-2-7-19-13(11-5-3-4-6-11)16-17-14(19)23-10-18-9-12(8-15-18)20(21)22/h2,8-9,11H,1,3-7,10H2. The Morgan fingerprint density at radius 1 is 1.43 bits per heavy atom. The molecule has 1 aliphatic rings. The first-order valence-corrected chi connectivity index (χ1v) is 8.51. The van der Waals surface area contributed by atoms with Gasteiger partial charge in [-0.3, -0.25) is 14.8 Å². The SMILES string of the molecule is C=CCn1c(SCn2cc([N+](=O)[O-])cn2)nnc1C1CCCC1. The molecule has 0 saturated heterocycles. The van der Waals surface area contributed by atoms with E-state index in [-0.39, 0.29) is 5.69 Å². The lowest BCUT2D eigenvalue weighted by Crippen LogP contribution is -2.07. The van der Waals surface area contributed by atoms with E-state index in [1.54, 1.807) is 0 Å². The first kappa shape index (κ1) is 15.7. The maximum atomic E-state index is 10.7. The fourth-order valence-corrected chi connectivity index (χ4v) is 3.65. The Bertz CT molecular complexity index is 704. The Labute approximate surface area is 137 Å². The highest BCUT2D eigenvalue weighted by Crippen LogP contribution is 2.34. The van der Waals surface area contributed by atoms with Crippen LogP contribution in [0.25, 0.3) is 0 Å². The van der Waals surface area contributed by atoms with Crippen molar-refractivity contribution >= 4 is 17.4 Å². The Balaban J connectivity index is 1.73. The molecule has 0 bridgehead atoms. The number of hydrogen-bond acceptors (Lipinski definition) is 6. The molecule has 1 aliphatic carbocycles.